The number of rotatable bonds is 3. The first-order chi connectivity index (χ1) is 8.65. The van der Waals surface area contributed by atoms with Crippen LogP contribution in [0, 0.1) is 5.41 Å². The van der Waals surface area contributed by atoms with Crippen LogP contribution in [0.1, 0.15) is 12.8 Å². The van der Waals surface area contributed by atoms with Crippen LogP contribution in [0.25, 0.3) is 10.1 Å². The average molecular weight is 326 g/mol. The van der Waals surface area contributed by atoms with Crippen molar-refractivity contribution in [1.82, 2.24) is 4.57 Å². The molecule has 1 fully saturated rings. The molecule has 1 saturated carbocycles. The Morgan fingerprint density at radius 1 is 1.28 bits per heavy atom. The van der Waals surface area contributed by atoms with Gasteiger partial charge in [0, 0.05) is 16.6 Å². The Morgan fingerprint density at radius 3 is 2.67 bits per heavy atom. The summed E-state index contributed by atoms with van der Waals surface area (Å²) in [4.78, 5) is 24.2. The summed E-state index contributed by atoms with van der Waals surface area (Å²) < 4.78 is 2.17. The topological polar surface area (TPSA) is 39.1 Å². The summed E-state index contributed by atoms with van der Waals surface area (Å²) in [7, 11) is 0. The minimum absolute atomic E-state index is 0.123. The third-order valence-corrected chi connectivity index (χ3v) is 5.67. The lowest BCUT2D eigenvalue weighted by atomic mass is 10.1. The minimum atomic E-state index is -0.151. The molecule has 0 atom stereocenters. The van der Waals surface area contributed by atoms with E-state index >= 15 is 0 Å². The van der Waals surface area contributed by atoms with E-state index in [9.17, 15) is 9.59 Å². The Morgan fingerprint density at radius 2 is 2.00 bits per heavy atom. The highest BCUT2D eigenvalue weighted by atomic mass is 79.9. The quantitative estimate of drug-likeness (QED) is 0.814. The normalized spacial score (nSPS) is 16.9. The van der Waals surface area contributed by atoms with E-state index < -0.39 is 0 Å². The lowest BCUT2D eigenvalue weighted by Crippen LogP contribution is -2.34. The summed E-state index contributed by atoms with van der Waals surface area (Å²) in [6.07, 6.45) is 2.17. The monoisotopic (exact) mass is 325 g/mol. The van der Waals surface area contributed by atoms with Crippen molar-refractivity contribution in [3.8, 4) is 0 Å². The van der Waals surface area contributed by atoms with Gasteiger partial charge in [-0.05, 0) is 30.4 Å². The first-order valence-electron chi connectivity index (χ1n) is 5.84. The second kappa shape index (κ2) is 4.31. The maximum atomic E-state index is 12.3. The van der Waals surface area contributed by atoms with Gasteiger partial charge in [0.25, 0.3) is 5.56 Å². The highest BCUT2D eigenvalue weighted by Crippen LogP contribution is 2.48. The first-order valence-corrected chi connectivity index (χ1v) is 7.78. The largest absolute Gasteiger partial charge is 0.310 e. The Hall–Kier alpha value is -0.940. The van der Waals surface area contributed by atoms with Crippen molar-refractivity contribution in [3.63, 3.8) is 0 Å². The highest BCUT2D eigenvalue weighted by Gasteiger charge is 2.42. The molecular formula is C13H12BrNO2S. The van der Waals surface area contributed by atoms with Crippen molar-refractivity contribution in [2.75, 3.05) is 5.33 Å². The Balaban J connectivity index is 2.18. The molecule has 1 aliphatic carbocycles. The van der Waals surface area contributed by atoms with Crippen LogP contribution in [0.4, 0.5) is 0 Å². The lowest BCUT2D eigenvalue weighted by Gasteiger charge is -2.12. The van der Waals surface area contributed by atoms with Crippen LogP contribution in [0.3, 0.4) is 0 Å². The van der Waals surface area contributed by atoms with Gasteiger partial charge < -0.3 is 0 Å². The fourth-order valence-electron chi connectivity index (χ4n) is 2.09. The van der Waals surface area contributed by atoms with E-state index in [4.69, 9.17) is 0 Å². The first kappa shape index (κ1) is 12.1. The molecule has 0 bridgehead atoms. The molecule has 1 aliphatic rings. The molecule has 0 aliphatic heterocycles. The van der Waals surface area contributed by atoms with Crippen LogP contribution < -0.4 is 10.4 Å². The van der Waals surface area contributed by atoms with E-state index in [0.717, 1.165) is 34.2 Å². The Bertz CT molecular complexity index is 715. The van der Waals surface area contributed by atoms with Gasteiger partial charge in [-0.15, -0.1) is 0 Å². The Labute approximate surface area is 116 Å². The maximum Gasteiger partial charge on any atom is 0.310 e. The molecule has 0 N–H and O–H groups in total. The van der Waals surface area contributed by atoms with Crippen molar-refractivity contribution in [2.45, 2.75) is 19.4 Å². The maximum absolute atomic E-state index is 12.3. The van der Waals surface area contributed by atoms with Gasteiger partial charge in [-0.1, -0.05) is 39.4 Å². The van der Waals surface area contributed by atoms with E-state index in [1.54, 1.807) is 6.07 Å². The molecule has 0 radical (unpaired) electrons. The van der Waals surface area contributed by atoms with Crippen molar-refractivity contribution >= 4 is 37.4 Å². The van der Waals surface area contributed by atoms with Crippen LogP contribution in [0.2, 0.25) is 0 Å². The van der Waals surface area contributed by atoms with E-state index in [1.165, 1.54) is 4.57 Å². The number of hydrogen-bond donors (Lipinski definition) is 0. The van der Waals surface area contributed by atoms with E-state index in [1.807, 2.05) is 18.2 Å². The molecule has 0 amide bonds. The number of halogens is 1. The fraction of sp³-hybridized carbons (Fsp3) is 0.385. The molecule has 18 heavy (non-hydrogen) atoms. The number of hydrogen-bond acceptors (Lipinski definition) is 3. The summed E-state index contributed by atoms with van der Waals surface area (Å²) >= 11 is 4.63. The van der Waals surface area contributed by atoms with Crippen LogP contribution in [0.15, 0.2) is 33.9 Å². The second-order valence-corrected chi connectivity index (χ2v) is 6.44. The van der Waals surface area contributed by atoms with E-state index in [2.05, 4.69) is 15.9 Å². The zero-order chi connectivity index (χ0) is 12.8. The van der Waals surface area contributed by atoms with Gasteiger partial charge in [0.05, 0.1) is 5.39 Å². The van der Waals surface area contributed by atoms with Gasteiger partial charge in [-0.3, -0.25) is 14.2 Å². The lowest BCUT2D eigenvalue weighted by molar-refractivity contribution is 0.462. The highest BCUT2D eigenvalue weighted by molar-refractivity contribution is 9.09. The summed E-state index contributed by atoms with van der Waals surface area (Å²) in [5.74, 6) is 0. The van der Waals surface area contributed by atoms with Gasteiger partial charge in [0.2, 0.25) is 0 Å². The van der Waals surface area contributed by atoms with Crippen LogP contribution in [0.5, 0.6) is 0 Å². The summed E-state index contributed by atoms with van der Waals surface area (Å²) in [6.45, 7) is 0.539. The fourth-order valence-corrected chi connectivity index (χ4v) is 3.69. The third-order valence-electron chi connectivity index (χ3n) is 3.51. The van der Waals surface area contributed by atoms with Crippen molar-refractivity contribution in [3.05, 3.63) is 44.3 Å². The van der Waals surface area contributed by atoms with Gasteiger partial charge in [-0.25, -0.2) is 0 Å². The van der Waals surface area contributed by atoms with Crippen LogP contribution in [-0.4, -0.2) is 9.90 Å². The number of aromatic nitrogens is 1. The summed E-state index contributed by atoms with van der Waals surface area (Å²) in [6, 6.07) is 7.30. The molecule has 0 unspecified atom stereocenters. The standard InChI is InChI=1S/C13H12BrNO2S/c14-7-13(5-6-13)8-15-11(16)9-3-1-2-4-10(9)18-12(15)17/h1-4H,5-8H2. The molecule has 1 aromatic carbocycles. The zero-order valence-electron chi connectivity index (χ0n) is 9.69. The molecule has 0 spiro atoms. The molecule has 2 aromatic rings. The summed E-state index contributed by atoms with van der Waals surface area (Å²) in [5.41, 5.74) is -0.0281. The molecular weight excluding hydrogens is 314 g/mol. The van der Waals surface area contributed by atoms with Gasteiger partial charge in [0.15, 0.2) is 0 Å². The molecule has 3 nitrogen and oxygen atoms in total. The third kappa shape index (κ3) is 1.95. The van der Waals surface area contributed by atoms with Crippen molar-refractivity contribution in [1.29, 1.82) is 0 Å². The number of alkyl halides is 1. The molecule has 1 aromatic heterocycles. The van der Waals surface area contributed by atoms with Gasteiger partial charge in [-0.2, -0.15) is 0 Å². The van der Waals surface area contributed by atoms with Crippen molar-refractivity contribution < 1.29 is 0 Å². The SMILES string of the molecule is O=c1sc2ccccc2c(=O)n1CC1(CBr)CC1. The van der Waals surface area contributed by atoms with E-state index in [-0.39, 0.29) is 15.8 Å². The minimum Gasteiger partial charge on any atom is -0.269 e. The van der Waals surface area contributed by atoms with Crippen molar-refractivity contribution in [2.24, 2.45) is 5.41 Å². The predicted molar refractivity (Wildman–Crippen MR) is 77.8 cm³/mol. The smallest absolute Gasteiger partial charge is 0.269 e. The number of fused-ring (bicyclic) bond motifs is 1. The second-order valence-electron chi connectivity index (χ2n) is 4.89. The predicted octanol–water partition coefficient (Wildman–Crippen LogP) is 2.60. The Kier molecular flexibility index (Phi) is 2.90. The van der Waals surface area contributed by atoms with E-state index in [0.29, 0.717) is 11.9 Å². The van der Waals surface area contributed by atoms with Gasteiger partial charge in [0.1, 0.15) is 0 Å². The number of benzene rings is 1. The van der Waals surface area contributed by atoms with Gasteiger partial charge >= 0.3 is 4.87 Å². The molecule has 94 valence electrons. The van der Waals surface area contributed by atoms with Crippen LogP contribution in [-0.2, 0) is 6.54 Å². The zero-order valence-corrected chi connectivity index (χ0v) is 12.1. The molecule has 0 saturated heterocycles. The molecule has 5 heteroatoms. The average Bonchev–Trinajstić information content (AvgIpc) is 3.15. The molecule has 1 heterocycles. The summed E-state index contributed by atoms with van der Waals surface area (Å²) in [5, 5.41) is 1.50. The van der Waals surface area contributed by atoms with Crippen LogP contribution >= 0.6 is 27.3 Å². The number of nitrogens with zero attached hydrogens (tertiary/aromatic N) is 1. The molecule has 3 rings (SSSR count).